The van der Waals surface area contributed by atoms with Crippen molar-refractivity contribution in [3.8, 4) is 5.75 Å². The fourth-order valence-electron chi connectivity index (χ4n) is 2.37. The summed E-state index contributed by atoms with van der Waals surface area (Å²) in [7, 11) is 3.01. The average Bonchev–Trinajstić information content (AvgIpc) is 2.61. The van der Waals surface area contributed by atoms with Crippen LogP contribution in [0.4, 0.5) is 11.4 Å². The molecule has 27 heavy (non-hydrogen) atoms. The van der Waals surface area contributed by atoms with Gasteiger partial charge in [-0.15, -0.1) is 0 Å². The molecule has 0 aliphatic heterocycles. The molecular weight excluding hydrogens is 370 g/mol. The summed E-state index contributed by atoms with van der Waals surface area (Å²) in [6, 6.07) is 11.3. The SMILES string of the molecule is COc1ccc(Cl)cc1NC(=O)CN(C)C(=O)c1ccc(NC(C)=O)cc1. The zero-order valence-corrected chi connectivity index (χ0v) is 16.0. The number of carbonyl (C=O) groups excluding carboxylic acids is 3. The molecule has 0 aliphatic carbocycles. The van der Waals surface area contributed by atoms with E-state index in [-0.39, 0.29) is 24.3 Å². The van der Waals surface area contributed by atoms with E-state index in [2.05, 4.69) is 10.6 Å². The summed E-state index contributed by atoms with van der Waals surface area (Å²) >= 11 is 5.94. The van der Waals surface area contributed by atoms with Crippen molar-refractivity contribution in [1.82, 2.24) is 4.90 Å². The highest BCUT2D eigenvalue weighted by molar-refractivity contribution is 6.31. The van der Waals surface area contributed by atoms with Crippen molar-refractivity contribution in [3.05, 3.63) is 53.1 Å². The minimum absolute atomic E-state index is 0.151. The molecule has 2 N–H and O–H groups in total. The maximum atomic E-state index is 12.5. The highest BCUT2D eigenvalue weighted by Crippen LogP contribution is 2.27. The highest BCUT2D eigenvalue weighted by atomic mass is 35.5. The van der Waals surface area contributed by atoms with E-state index < -0.39 is 0 Å². The van der Waals surface area contributed by atoms with Crippen molar-refractivity contribution >= 4 is 40.7 Å². The van der Waals surface area contributed by atoms with Gasteiger partial charge in [0.15, 0.2) is 0 Å². The van der Waals surface area contributed by atoms with Crippen LogP contribution in [0.25, 0.3) is 0 Å². The van der Waals surface area contributed by atoms with Gasteiger partial charge in [-0.3, -0.25) is 14.4 Å². The van der Waals surface area contributed by atoms with E-state index in [0.717, 1.165) is 0 Å². The summed E-state index contributed by atoms with van der Waals surface area (Å²) in [6.07, 6.45) is 0. The number of nitrogens with zero attached hydrogens (tertiary/aromatic N) is 1. The Morgan fingerprint density at radius 3 is 2.33 bits per heavy atom. The van der Waals surface area contributed by atoms with Gasteiger partial charge in [0.25, 0.3) is 5.91 Å². The Bertz CT molecular complexity index is 853. The third kappa shape index (κ3) is 5.72. The molecule has 0 heterocycles. The lowest BCUT2D eigenvalue weighted by Crippen LogP contribution is -2.35. The average molecular weight is 390 g/mol. The summed E-state index contributed by atoms with van der Waals surface area (Å²) < 4.78 is 5.18. The molecule has 0 aromatic heterocycles. The molecule has 0 radical (unpaired) electrons. The molecule has 3 amide bonds. The summed E-state index contributed by atoms with van der Waals surface area (Å²) in [5.41, 5.74) is 1.42. The normalized spacial score (nSPS) is 10.1. The number of methoxy groups -OCH3 is 1. The zero-order valence-electron chi connectivity index (χ0n) is 15.2. The zero-order chi connectivity index (χ0) is 20.0. The summed E-state index contributed by atoms with van der Waals surface area (Å²) in [5.74, 6) is -0.437. The molecule has 2 rings (SSSR count). The van der Waals surface area contributed by atoms with Crippen LogP contribution in [0.3, 0.4) is 0 Å². The Morgan fingerprint density at radius 2 is 1.74 bits per heavy atom. The predicted molar refractivity (Wildman–Crippen MR) is 104 cm³/mol. The van der Waals surface area contributed by atoms with Crippen LogP contribution < -0.4 is 15.4 Å². The number of likely N-dealkylation sites (N-methyl/N-ethyl adjacent to an activating group) is 1. The minimum Gasteiger partial charge on any atom is -0.495 e. The third-order valence-electron chi connectivity index (χ3n) is 3.62. The Labute approximate surface area is 162 Å². The van der Waals surface area contributed by atoms with Gasteiger partial charge in [-0.05, 0) is 42.5 Å². The minimum atomic E-state index is -0.388. The molecular formula is C19H20ClN3O4. The molecule has 8 heteroatoms. The quantitative estimate of drug-likeness (QED) is 0.794. The van der Waals surface area contributed by atoms with Crippen LogP contribution in [0, 0.1) is 0 Å². The van der Waals surface area contributed by atoms with E-state index >= 15 is 0 Å². The van der Waals surface area contributed by atoms with E-state index in [4.69, 9.17) is 16.3 Å². The van der Waals surface area contributed by atoms with Gasteiger partial charge in [0, 0.05) is 30.2 Å². The predicted octanol–water partition coefficient (Wildman–Crippen LogP) is 3.02. The number of carbonyl (C=O) groups is 3. The van der Waals surface area contributed by atoms with E-state index in [1.165, 1.54) is 26.0 Å². The molecule has 0 unspecified atom stereocenters. The molecule has 0 saturated heterocycles. The van der Waals surface area contributed by atoms with Crippen molar-refractivity contribution in [2.75, 3.05) is 31.3 Å². The number of hydrogen-bond acceptors (Lipinski definition) is 4. The standard InChI is InChI=1S/C19H20ClN3O4/c1-12(24)21-15-7-4-13(5-8-15)19(26)23(2)11-18(25)22-16-10-14(20)6-9-17(16)27-3/h4-10H,11H2,1-3H3,(H,21,24)(H,22,25). The van der Waals surface area contributed by atoms with E-state index in [9.17, 15) is 14.4 Å². The van der Waals surface area contributed by atoms with E-state index in [1.54, 1.807) is 42.5 Å². The van der Waals surface area contributed by atoms with Gasteiger partial charge in [0.1, 0.15) is 5.75 Å². The first-order chi connectivity index (χ1) is 12.8. The van der Waals surface area contributed by atoms with E-state index in [0.29, 0.717) is 27.7 Å². The van der Waals surface area contributed by atoms with Crippen LogP contribution in [-0.4, -0.2) is 43.3 Å². The van der Waals surface area contributed by atoms with Crippen LogP contribution in [-0.2, 0) is 9.59 Å². The topological polar surface area (TPSA) is 87.7 Å². The lowest BCUT2D eigenvalue weighted by atomic mass is 10.2. The van der Waals surface area contributed by atoms with Crippen molar-refractivity contribution in [3.63, 3.8) is 0 Å². The molecule has 2 aromatic rings. The van der Waals surface area contributed by atoms with Crippen LogP contribution in [0.15, 0.2) is 42.5 Å². The Morgan fingerprint density at radius 1 is 1.07 bits per heavy atom. The first kappa shape index (κ1) is 20.3. The Hall–Kier alpha value is -3.06. The fraction of sp³-hybridized carbons (Fsp3) is 0.211. The smallest absolute Gasteiger partial charge is 0.254 e. The van der Waals surface area contributed by atoms with Crippen LogP contribution in [0.1, 0.15) is 17.3 Å². The number of amides is 3. The fourth-order valence-corrected chi connectivity index (χ4v) is 2.55. The van der Waals surface area contributed by atoms with E-state index in [1.807, 2.05) is 0 Å². The van der Waals surface area contributed by atoms with Crippen LogP contribution >= 0.6 is 11.6 Å². The van der Waals surface area contributed by atoms with Crippen LogP contribution in [0.5, 0.6) is 5.75 Å². The molecule has 142 valence electrons. The molecule has 0 fully saturated rings. The molecule has 0 spiro atoms. The lowest BCUT2D eigenvalue weighted by Gasteiger charge is -2.18. The van der Waals surface area contributed by atoms with Crippen LogP contribution in [0.2, 0.25) is 5.02 Å². The second-order valence-electron chi connectivity index (χ2n) is 5.81. The largest absolute Gasteiger partial charge is 0.495 e. The van der Waals surface area contributed by atoms with Gasteiger partial charge in [-0.2, -0.15) is 0 Å². The summed E-state index contributed by atoms with van der Waals surface area (Å²) in [4.78, 5) is 37.0. The maximum absolute atomic E-state index is 12.5. The van der Waals surface area contributed by atoms with Crippen molar-refractivity contribution in [2.45, 2.75) is 6.92 Å². The monoisotopic (exact) mass is 389 g/mol. The second-order valence-corrected chi connectivity index (χ2v) is 6.25. The Kier molecular flexibility index (Phi) is 6.79. The summed E-state index contributed by atoms with van der Waals surface area (Å²) in [6.45, 7) is 1.25. The van der Waals surface area contributed by atoms with Gasteiger partial charge in [-0.25, -0.2) is 0 Å². The number of anilines is 2. The summed E-state index contributed by atoms with van der Waals surface area (Å²) in [5, 5.41) is 5.76. The molecule has 2 aromatic carbocycles. The number of hydrogen-bond donors (Lipinski definition) is 2. The highest BCUT2D eigenvalue weighted by Gasteiger charge is 2.16. The first-order valence-electron chi connectivity index (χ1n) is 8.06. The number of benzene rings is 2. The number of halogens is 1. The number of nitrogens with one attached hydrogen (secondary N) is 2. The first-order valence-corrected chi connectivity index (χ1v) is 8.44. The molecule has 0 aliphatic rings. The van der Waals surface area contributed by atoms with Gasteiger partial charge in [0.05, 0.1) is 19.3 Å². The van der Waals surface area contributed by atoms with Crippen molar-refractivity contribution in [1.29, 1.82) is 0 Å². The Balaban J connectivity index is 2.00. The van der Waals surface area contributed by atoms with Gasteiger partial charge >= 0.3 is 0 Å². The molecule has 0 atom stereocenters. The lowest BCUT2D eigenvalue weighted by molar-refractivity contribution is -0.116. The number of rotatable bonds is 6. The molecule has 7 nitrogen and oxygen atoms in total. The van der Waals surface area contributed by atoms with Crippen molar-refractivity contribution < 1.29 is 19.1 Å². The maximum Gasteiger partial charge on any atom is 0.254 e. The number of ether oxygens (including phenoxy) is 1. The van der Waals surface area contributed by atoms with Crippen molar-refractivity contribution in [2.24, 2.45) is 0 Å². The van der Waals surface area contributed by atoms with Gasteiger partial charge in [0.2, 0.25) is 11.8 Å². The molecule has 0 saturated carbocycles. The molecule has 0 bridgehead atoms. The van der Waals surface area contributed by atoms with Gasteiger partial charge < -0.3 is 20.3 Å². The van der Waals surface area contributed by atoms with Gasteiger partial charge in [-0.1, -0.05) is 11.6 Å². The third-order valence-corrected chi connectivity index (χ3v) is 3.85. The second kappa shape index (κ2) is 9.05.